The van der Waals surface area contributed by atoms with Gasteiger partial charge in [-0.25, -0.2) is 4.68 Å². The summed E-state index contributed by atoms with van der Waals surface area (Å²) in [6.45, 7) is 2.79. The molecule has 0 unspecified atom stereocenters. The van der Waals surface area contributed by atoms with Gasteiger partial charge in [0.15, 0.2) is 5.17 Å². The highest BCUT2D eigenvalue weighted by Crippen LogP contribution is 2.33. The Labute approximate surface area is 190 Å². The fourth-order valence-electron chi connectivity index (χ4n) is 3.61. The van der Waals surface area contributed by atoms with Gasteiger partial charge in [0.05, 0.1) is 36.6 Å². The van der Waals surface area contributed by atoms with Crippen LogP contribution < -0.4 is 4.74 Å². The van der Waals surface area contributed by atoms with Crippen molar-refractivity contribution in [3.8, 4) is 22.7 Å². The molecule has 8 heteroatoms. The van der Waals surface area contributed by atoms with Gasteiger partial charge in [0.25, 0.3) is 5.91 Å². The number of aliphatic imine (C=N–C) groups is 1. The first-order valence-electron chi connectivity index (χ1n) is 10.4. The minimum atomic E-state index is -0.218. The number of ether oxygens (including phenoxy) is 2. The van der Waals surface area contributed by atoms with Crippen molar-refractivity contribution in [1.29, 1.82) is 0 Å². The van der Waals surface area contributed by atoms with E-state index in [1.54, 1.807) is 7.11 Å². The van der Waals surface area contributed by atoms with Gasteiger partial charge < -0.3 is 14.4 Å². The van der Waals surface area contributed by atoms with Crippen molar-refractivity contribution in [2.45, 2.75) is 0 Å². The molecule has 7 nitrogen and oxygen atoms in total. The van der Waals surface area contributed by atoms with E-state index >= 15 is 0 Å². The van der Waals surface area contributed by atoms with Crippen LogP contribution in [-0.4, -0.2) is 59.2 Å². The van der Waals surface area contributed by atoms with Crippen molar-refractivity contribution in [1.82, 2.24) is 14.7 Å². The van der Waals surface area contributed by atoms with Crippen LogP contribution in [-0.2, 0) is 9.53 Å². The quantitative estimate of drug-likeness (QED) is 0.567. The van der Waals surface area contributed by atoms with Gasteiger partial charge in [0.1, 0.15) is 5.75 Å². The van der Waals surface area contributed by atoms with E-state index in [-0.39, 0.29) is 5.91 Å². The average Bonchev–Trinajstić information content (AvgIpc) is 3.44. The molecule has 3 aromatic rings. The zero-order valence-corrected chi connectivity index (χ0v) is 18.4. The van der Waals surface area contributed by atoms with Crippen LogP contribution in [0.1, 0.15) is 5.56 Å². The molecule has 0 aliphatic carbocycles. The van der Waals surface area contributed by atoms with Gasteiger partial charge in [-0.3, -0.25) is 4.79 Å². The number of rotatable bonds is 4. The second-order valence-electron chi connectivity index (χ2n) is 7.35. The number of para-hydroxylation sites is 1. The number of benzene rings is 2. The molecule has 0 bridgehead atoms. The van der Waals surface area contributed by atoms with Crippen molar-refractivity contribution < 1.29 is 14.3 Å². The lowest BCUT2D eigenvalue weighted by molar-refractivity contribution is -0.113. The van der Waals surface area contributed by atoms with Crippen molar-refractivity contribution in [3.05, 3.63) is 71.3 Å². The molecule has 1 fully saturated rings. The van der Waals surface area contributed by atoms with Gasteiger partial charge in [-0.2, -0.15) is 10.1 Å². The van der Waals surface area contributed by atoms with Crippen molar-refractivity contribution >= 4 is 28.9 Å². The molecule has 0 saturated carbocycles. The molecule has 2 aromatic carbocycles. The normalized spacial score (nSPS) is 17.7. The third kappa shape index (κ3) is 4.19. The van der Waals surface area contributed by atoms with Gasteiger partial charge in [0, 0.05) is 30.4 Å². The van der Waals surface area contributed by atoms with Gasteiger partial charge >= 0.3 is 0 Å². The monoisotopic (exact) mass is 446 g/mol. The summed E-state index contributed by atoms with van der Waals surface area (Å²) in [4.78, 5) is 19.6. The Morgan fingerprint density at radius 2 is 1.81 bits per heavy atom. The van der Waals surface area contributed by atoms with E-state index in [4.69, 9.17) is 14.6 Å². The summed E-state index contributed by atoms with van der Waals surface area (Å²) in [5, 5.41) is 5.57. The Morgan fingerprint density at radius 1 is 1.06 bits per heavy atom. The van der Waals surface area contributed by atoms with Crippen LogP contribution in [0.4, 0.5) is 0 Å². The maximum atomic E-state index is 12.7. The smallest absolute Gasteiger partial charge is 0.286 e. The second-order valence-corrected chi connectivity index (χ2v) is 8.36. The summed E-state index contributed by atoms with van der Waals surface area (Å²) in [5.74, 6) is 0.561. The van der Waals surface area contributed by atoms with Crippen LogP contribution in [0.5, 0.6) is 5.75 Å². The molecule has 1 aromatic heterocycles. The van der Waals surface area contributed by atoms with Crippen LogP contribution in [0.2, 0.25) is 0 Å². The first-order chi connectivity index (χ1) is 15.7. The number of aromatic nitrogens is 2. The summed E-state index contributed by atoms with van der Waals surface area (Å²) in [6.07, 6.45) is 3.83. The van der Waals surface area contributed by atoms with Crippen LogP contribution >= 0.6 is 11.8 Å². The van der Waals surface area contributed by atoms with E-state index in [2.05, 4.69) is 9.89 Å². The summed E-state index contributed by atoms with van der Waals surface area (Å²) < 4.78 is 12.5. The number of nitrogens with zero attached hydrogens (tertiary/aromatic N) is 4. The van der Waals surface area contributed by atoms with Crippen LogP contribution in [0.15, 0.2) is 70.7 Å². The average molecular weight is 447 g/mol. The fraction of sp³-hybridized carbons (Fsp3) is 0.208. The number of hydrogen-bond acceptors (Lipinski definition) is 6. The number of morpholine rings is 1. The predicted octanol–water partition coefficient (Wildman–Crippen LogP) is 3.85. The molecule has 5 rings (SSSR count). The Hall–Kier alpha value is -3.36. The van der Waals surface area contributed by atoms with E-state index in [0.717, 1.165) is 46.5 Å². The Kier molecular flexibility index (Phi) is 5.79. The van der Waals surface area contributed by atoms with Gasteiger partial charge in [-0.15, -0.1) is 0 Å². The topological polar surface area (TPSA) is 68.9 Å². The number of carbonyl (C=O) groups excluding carboxylic acids is 1. The van der Waals surface area contributed by atoms with E-state index in [0.29, 0.717) is 18.1 Å². The molecular formula is C24H22N4O3S. The van der Waals surface area contributed by atoms with Gasteiger partial charge in [0.2, 0.25) is 0 Å². The summed E-state index contributed by atoms with van der Waals surface area (Å²) in [6, 6.07) is 17.7. The van der Waals surface area contributed by atoms with E-state index in [1.807, 2.05) is 71.6 Å². The predicted molar refractivity (Wildman–Crippen MR) is 126 cm³/mol. The lowest BCUT2D eigenvalue weighted by Crippen LogP contribution is -2.38. The highest BCUT2D eigenvalue weighted by molar-refractivity contribution is 8.18. The SMILES string of the molecule is COc1ccc(-c2nn(-c3ccccc3)cc2C=C2SC(N3CCOCC3)=NC2=O)cc1. The minimum Gasteiger partial charge on any atom is -0.497 e. The molecule has 0 radical (unpaired) electrons. The Morgan fingerprint density at radius 3 is 2.53 bits per heavy atom. The zero-order valence-electron chi connectivity index (χ0n) is 17.6. The minimum absolute atomic E-state index is 0.218. The molecule has 1 amide bonds. The van der Waals surface area contributed by atoms with Crippen LogP contribution in [0, 0.1) is 0 Å². The third-order valence-electron chi connectivity index (χ3n) is 5.30. The zero-order chi connectivity index (χ0) is 21.9. The molecule has 1 saturated heterocycles. The number of thioether (sulfide) groups is 1. The molecule has 0 N–H and O–H groups in total. The van der Waals surface area contributed by atoms with E-state index in [9.17, 15) is 4.79 Å². The summed E-state index contributed by atoms with van der Waals surface area (Å²) in [5.41, 5.74) is 3.53. The van der Waals surface area contributed by atoms with E-state index in [1.165, 1.54) is 11.8 Å². The first-order valence-corrected chi connectivity index (χ1v) is 11.2. The van der Waals surface area contributed by atoms with Crippen LogP contribution in [0.3, 0.4) is 0 Å². The van der Waals surface area contributed by atoms with Gasteiger partial charge in [-0.05, 0) is 54.2 Å². The largest absolute Gasteiger partial charge is 0.497 e. The van der Waals surface area contributed by atoms with Crippen molar-refractivity contribution in [2.75, 3.05) is 33.4 Å². The maximum absolute atomic E-state index is 12.7. The third-order valence-corrected chi connectivity index (χ3v) is 6.35. The number of hydrogen-bond donors (Lipinski definition) is 0. The fourth-order valence-corrected chi connectivity index (χ4v) is 4.56. The first kappa shape index (κ1) is 20.5. The Balaban J connectivity index is 1.51. The highest BCUT2D eigenvalue weighted by atomic mass is 32.2. The van der Waals surface area contributed by atoms with E-state index < -0.39 is 0 Å². The molecule has 162 valence electrons. The van der Waals surface area contributed by atoms with Crippen LogP contribution in [0.25, 0.3) is 23.0 Å². The molecular weight excluding hydrogens is 424 g/mol. The van der Waals surface area contributed by atoms with Crippen molar-refractivity contribution in [3.63, 3.8) is 0 Å². The number of amides is 1. The number of methoxy groups -OCH3 is 1. The Bertz CT molecular complexity index is 1180. The molecule has 0 spiro atoms. The number of amidine groups is 1. The summed E-state index contributed by atoms with van der Waals surface area (Å²) in [7, 11) is 1.64. The van der Waals surface area contributed by atoms with Gasteiger partial charge in [-0.1, -0.05) is 18.2 Å². The van der Waals surface area contributed by atoms with Crippen molar-refractivity contribution in [2.24, 2.45) is 4.99 Å². The maximum Gasteiger partial charge on any atom is 0.286 e. The second kappa shape index (κ2) is 9.02. The number of carbonyl (C=O) groups is 1. The molecule has 0 atom stereocenters. The standard InChI is InChI=1S/C24H22N4O3S/c1-30-20-9-7-17(8-10-20)22-18(16-28(26-22)19-5-3-2-4-6-19)15-21-23(29)25-24(32-21)27-11-13-31-14-12-27/h2-10,15-16H,11-14H2,1H3. The molecule has 32 heavy (non-hydrogen) atoms. The molecule has 2 aliphatic heterocycles. The lowest BCUT2D eigenvalue weighted by atomic mass is 10.1. The molecule has 2 aliphatic rings. The summed E-state index contributed by atoms with van der Waals surface area (Å²) >= 11 is 1.41. The molecule has 3 heterocycles. The lowest BCUT2D eigenvalue weighted by Gasteiger charge is -2.27. The highest BCUT2D eigenvalue weighted by Gasteiger charge is 2.27.